The van der Waals surface area contributed by atoms with Crippen LogP contribution in [0.1, 0.15) is 52.4 Å². The van der Waals surface area contributed by atoms with Gasteiger partial charge in [0, 0.05) is 17.5 Å². The summed E-state index contributed by atoms with van der Waals surface area (Å²) in [4.78, 5) is 12.7. The van der Waals surface area contributed by atoms with Crippen LogP contribution in [-0.4, -0.2) is 16.0 Å². The first-order valence-corrected chi connectivity index (χ1v) is 13.7. The van der Waals surface area contributed by atoms with E-state index in [1.165, 1.54) is 0 Å². The van der Waals surface area contributed by atoms with E-state index in [4.69, 9.17) is 0 Å². The smallest absolute Gasteiger partial charge is 0.193 e. The Hall–Kier alpha value is -4.31. The molecular weight excluding hydrogens is 492 g/mol. The Bertz CT molecular complexity index is 1520. The van der Waals surface area contributed by atoms with Crippen molar-refractivity contribution in [2.75, 3.05) is 0 Å². The predicted octanol–water partition coefficient (Wildman–Crippen LogP) is 7.70. The molecule has 200 valence electrons. The van der Waals surface area contributed by atoms with E-state index < -0.39 is 11.2 Å². The molecule has 0 saturated heterocycles. The van der Waals surface area contributed by atoms with E-state index >= 15 is 0 Å². The van der Waals surface area contributed by atoms with Crippen molar-refractivity contribution in [1.82, 2.24) is 0 Å². The highest BCUT2D eigenvalue weighted by molar-refractivity contribution is 6.09. The molecule has 0 heterocycles. The fourth-order valence-corrected chi connectivity index (χ4v) is 5.34. The number of rotatable bonds is 10. The lowest BCUT2D eigenvalue weighted by Gasteiger charge is -2.36. The Morgan fingerprint density at radius 2 is 1.02 bits per heavy atom. The number of benzene rings is 5. The summed E-state index contributed by atoms with van der Waals surface area (Å²) in [5, 5.41) is 23.3. The quantitative estimate of drug-likeness (QED) is 0.183. The first-order valence-electron chi connectivity index (χ1n) is 13.7. The van der Waals surface area contributed by atoms with Crippen molar-refractivity contribution in [3.63, 3.8) is 0 Å². The first kappa shape index (κ1) is 27.3. The van der Waals surface area contributed by atoms with Crippen molar-refractivity contribution < 1.29 is 15.0 Å². The lowest BCUT2D eigenvalue weighted by Crippen LogP contribution is -2.36. The van der Waals surface area contributed by atoms with Crippen LogP contribution in [0.3, 0.4) is 0 Å². The van der Waals surface area contributed by atoms with Crippen LogP contribution in [0.2, 0.25) is 0 Å². The second kappa shape index (κ2) is 11.8. The highest BCUT2D eigenvalue weighted by atomic mass is 16.3. The molecule has 5 rings (SSSR count). The molecule has 0 aromatic heterocycles. The van der Waals surface area contributed by atoms with Crippen LogP contribution in [0.15, 0.2) is 140 Å². The van der Waals surface area contributed by atoms with E-state index in [2.05, 4.69) is 24.3 Å². The van der Waals surface area contributed by atoms with Crippen molar-refractivity contribution in [3.05, 3.63) is 167 Å². The third-order valence-corrected chi connectivity index (χ3v) is 7.64. The zero-order chi connectivity index (χ0) is 28.0. The van der Waals surface area contributed by atoms with E-state index in [1.807, 2.05) is 115 Å². The number of aryl methyl sites for hydroxylation is 1. The Labute approximate surface area is 236 Å². The zero-order valence-corrected chi connectivity index (χ0v) is 22.7. The Morgan fingerprint density at radius 3 is 1.57 bits per heavy atom. The van der Waals surface area contributed by atoms with Gasteiger partial charge >= 0.3 is 0 Å². The minimum Gasteiger partial charge on any atom is -0.385 e. The minimum absolute atomic E-state index is 0.0136. The predicted molar refractivity (Wildman–Crippen MR) is 161 cm³/mol. The standard InChI is InChI=1S/C37H34O3/c1-36(39,33-13-7-3-8-14-33)27-37(40,34-15-9-4-10-16-34)26-25-28-17-19-29(20-18-28)30-21-23-32(24-22-30)35(38)31-11-5-2-6-12-31/h2-24,39-40H,25-27H2,1H3. The molecule has 2 N–H and O–H groups in total. The van der Waals surface area contributed by atoms with Crippen LogP contribution in [-0.2, 0) is 17.6 Å². The van der Waals surface area contributed by atoms with Crippen molar-refractivity contribution >= 4 is 5.78 Å². The molecule has 0 amide bonds. The van der Waals surface area contributed by atoms with Gasteiger partial charge in [-0.2, -0.15) is 0 Å². The van der Waals surface area contributed by atoms with Crippen LogP contribution in [0, 0.1) is 0 Å². The number of ketones is 1. The molecule has 0 saturated carbocycles. The van der Waals surface area contributed by atoms with Gasteiger partial charge < -0.3 is 10.2 Å². The van der Waals surface area contributed by atoms with Crippen molar-refractivity contribution in [1.29, 1.82) is 0 Å². The van der Waals surface area contributed by atoms with Gasteiger partial charge in [0.2, 0.25) is 0 Å². The van der Waals surface area contributed by atoms with Crippen molar-refractivity contribution in [3.8, 4) is 11.1 Å². The maximum absolute atomic E-state index is 12.7. The molecule has 5 aromatic rings. The molecule has 0 aliphatic carbocycles. The molecule has 0 aliphatic rings. The molecule has 3 nitrogen and oxygen atoms in total. The van der Waals surface area contributed by atoms with Crippen molar-refractivity contribution in [2.45, 2.75) is 37.4 Å². The topological polar surface area (TPSA) is 57.5 Å². The van der Waals surface area contributed by atoms with Gasteiger partial charge in [-0.05, 0) is 47.6 Å². The molecule has 0 bridgehead atoms. The lowest BCUT2D eigenvalue weighted by atomic mass is 9.77. The largest absolute Gasteiger partial charge is 0.385 e. The summed E-state index contributed by atoms with van der Waals surface area (Å²) >= 11 is 0. The summed E-state index contributed by atoms with van der Waals surface area (Å²) < 4.78 is 0. The fourth-order valence-electron chi connectivity index (χ4n) is 5.34. The molecule has 0 spiro atoms. The Morgan fingerprint density at radius 1 is 0.575 bits per heavy atom. The van der Waals surface area contributed by atoms with E-state index in [0.29, 0.717) is 24.0 Å². The summed E-state index contributed by atoms with van der Waals surface area (Å²) in [5.74, 6) is 0.0136. The maximum atomic E-state index is 12.7. The van der Waals surface area contributed by atoms with Crippen LogP contribution < -0.4 is 0 Å². The van der Waals surface area contributed by atoms with Gasteiger partial charge in [-0.1, -0.05) is 140 Å². The molecule has 0 aliphatic heterocycles. The zero-order valence-electron chi connectivity index (χ0n) is 22.7. The normalized spacial score (nSPS) is 14.2. The van der Waals surface area contributed by atoms with Gasteiger partial charge in [-0.3, -0.25) is 4.79 Å². The minimum atomic E-state index is -1.21. The summed E-state index contributed by atoms with van der Waals surface area (Å²) in [7, 11) is 0. The highest BCUT2D eigenvalue weighted by Gasteiger charge is 2.38. The number of carbonyl (C=O) groups excluding carboxylic acids is 1. The molecule has 0 radical (unpaired) electrons. The molecule has 40 heavy (non-hydrogen) atoms. The third kappa shape index (κ3) is 6.28. The number of hydrogen-bond donors (Lipinski definition) is 2. The van der Waals surface area contributed by atoms with E-state index in [9.17, 15) is 15.0 Å². The van der Waals surface area contributed by atoms with Crippen LogP contribution in [0.4, 0.5) is 0 Å². The molecule has 2 unspecified atom stereocenters. The van der Waals surface area contributed by atoms with Gasteiger partial charge in [0.05, 0.1) is 11.2 Å². The molecule has 0 fully saturated rings. The summed E-state index contributed by atoms with van der Waals surface area (Å²) in [6.07, 6.45) is 1.30. The molecular formula is C37H34O3. The van der Waals surface area contributed by atoms with Gasteiger partial charge in [-0.15, -0.1) is 0 Å². The molecule has 5 aromatic carbocycles. The second-order valence-corrected chi connectivity index (χ2v) is 10.7. The highest BCUT2D eigenvalue weighted by Crippen LogP contribution is 2.39. The average Bonchev–Trinajstić information content (AvgIpc) is 3.01. The average molecular weight is 527 g/mol. The monoisotopic (exact) mass is 526 g/mol. The number of hydrogen-bond acceptors (Lipinski definition) is 3. The van der Waals surface area contributed by atoms with Gasteiger partial charge in [0.25, 0.3) is 0 Å². The summed E-state index contributed by atoms with van der Waals surface area (Å²) in [5.41, 5.74) is 3.73. The van der Waals surface area contributed by atoms with E-state index in [1.54, 1.807) is 6.92 Å². The van der Waals surface area contributed by atoms with Crippen LogP contribution >= 0.6 is 0 Å². The number of carbonyl (C=O) groups is 1. The van der Waals surface area contributed by atoms with Crippen molar-refractivity contribution in [2.24, 2.45) is 0 Å². The Balaban J connectivity index is 1.30. The lowest BCUT2D eigenvalue weighted by molar-refractivity contribution is -0.0676. The SMILES string of the molecule is CC(O)(CC(O)(CCc1ccc(-c2ccc(C(=O)c3ccccc3)cc2)cc1)c1ccccc1)c1ccccc1. The second-order valence-electron chi connectivity index (χ2n) is 10.7. The number of aliphatic hydroxyl groups is 2. The summed E-state index contributed by atoms with van der Waals surface area (Å²) in [6.45, 7) is 1.77. The van der Waals surface area contributed by atoms with Gasteiger partial charge in [0.15, 0.2) is 5.78 Å². The maximum Gasteiger partial charge on any atom is 0.193 e. The Kier molecular flexibility index (Phi) is 8.06. The first-order chi connectivity index (χ1) is 19.3. The summed E-state index contributed by atoms with van der Waals surface area (Å²) in [6, 6.07) is 44.5. The third-order valence-electron chi connectivity index (χ3n) is 7.64. The molecule has 2 atom stereocenters. The molecule has 3 heteroatoms. The van der Waals surface area contributed by atoms with Crippen LogP contribution in [0.25, 0.3) is 11.1 Å². The fraction of sp³-hybridized carbons (Fsp3) is 0.162. The van der Waals surface area contributed by atoms with E-state index in [-0.39, 0.29) is 12.2 Å². The van der Waals surface area contributed by atoms with Gasteiger partial charge in [-0.25, -0.2) is 0 Å². The van der Waals surface area contributed by atoms with E-state index in [0.717, 1.165) is 27.8 Å². The van der Waals surface area contributed by atoms with Crippen LogP contribution in [0.5, 0.6) is 0 Å². The van der Waals surface area contributed by atoms with Gasteiger partial charge in [0.1, 0.15) is 0 Å².